The lowest BCUT2D eigenvalue weighted by Crippen LogP contribution is -2.34. The van der Waals surface area contributed by atoms with Crippen molar-refractivity contribution in [2.75, 3.05) is 13.7 Å². The molecule has 5 heteroatoms. The second kappa shape index (κ2) is 8.71. The van der Waals surface area contributed by atoms with Crippen molar-refractivity contribution in [1.82, 2.24) is 5.32 Å². The number of methoxy groups -OCH3 is 1. The van der Waals surface area contributed by atoms with Gasteiger partial charge in [0.1, 0.15) is 5.75 Å². The first kappa shape index (κ1) is 18.3. The van der Waals surface area contributed by atoms with Crippen molar-refractivity contribution in [2.45, 2.75) is 45.4 Å². The number of hydrogen-bond acceptors (Lipinski definition) is 3. The molecular formula is C19H27NO4. The Bertz CT molecular complexity index is 577. The highest BCUT2D eigenvalue weighted by Crippen LogP contribution is 2.30. The predicted octanol–water partition coefficient (Wildman–Crippen LogP) is 3.27. The zero-order valence-corrected chi connectivity index (χ0v) is 14.5. The predicted molar refractivity (Wildman–Crippen MR) is 92.4 cm³/mol. The van der Waals surface area contributed by atoms with Gasteiger partial charge < -0.3 is 15.2 Å². The maximum Gasteiger partial charge on any atom is 0.335 e. The smallest absolute Gasteiger partial charge is 0.335 e. The number of nitrogens with one attached hydrogen (secondary N) is 1. The fourth-order valence-electron chi connectivity index (χ4n) is 3.38. The minimum absolute atomic E-state index is 0.143. The van der Waals surface area contributed by atoms with Crippen LogP contribution in [0.3, 0.4) is 0 Å². The van der Waals surface area contributed by atoms with Crippen molar-refractivity contribution in [3.63, 3.8) is 0 Å². The van der Waals surface area contributed by atoms with Gasteiger partial charge in [-0.2, -0.15) is 0 Å². The molecular weight excluding hydrogens is 306 g/mol. The topological polar surface area (TPSA) is 75.6 Å². The van der Waals surface area contributed by atoms with Crippen LogP contribution in [0.1, 0.15) is 54.9 Å². The molecule has 0 spiro atoms. The number of carboxylic acid groups (broad SMARTS) is 1. The molecule has 1 saturated carbocycles. The highest BCUT2D eigenvalue weighted by molar-refractivity contribution is 5.88. The Morgan fingerprint density at radius 1 is 1.25 bits per heavy atom. The van der Waals surface area contributed by atoms with Crippen molar-refractivity contribution in [1.29, 1.82) is 0 Å². The molecule has 1 aromatic rings. The summed E-state index contributed by atoms with van der Waals surface area (Å²) < 4.78 is 5.26. The second-order valence-electron chi connectivity index (χ2n) is 6.50. The molecule has 1 amide bonds. The molecule has 1 aliphatic carbocycles. The second-order valence-corrected chi connectivity index (χ2v) is 6.50. The quantitative estimate of drug-likeness (QED) is 0.803. The Labute approximate surface area is 143 Å². The average Bonchev–Trinajstić information content (AvgIpc) is 2.61. The molecule has 2 N–H and O–H groups in total. The van der Waals surface area contributed by atoms with Gasteiger partial charge in [-0.3, -0.25) is 4.79 Å². The number of benzene rings is 1. The summed E-state index contributed by atoms with van der Waals surface area (Å²) >= 11 is 0. The number of aromatic carboxylic acids is 1. The molecule has 2 rings (SSSR count). The molecule has 24 heavy (non-hydrogen) atoms. The van der Waals surface area contributed by atoms with Gasteiger partial charge in [-0.1, -0.05) is 19.4 Å². The van der Waals surface area contributed by atoms with Gasteiger partial charge in [0, 0.05) is 12.5 Å². The third kappa shape index (κ3) is 4.73. The van der Waals surface area contributed by atoms with Crippen LogP contribution in [-0.4, -0.2) is 30.6 Å². The Kier molecular flexibility index (Phi) is 6.64. The van der Waals surface area contributed by atoms with E-state index < -0.39 is 5.97 Å². The van der Waals surface area contributed by atoms with Crippen LogP contribution in [-0.2, 0) is 11.2 Å². The maximum absolute atomic E-state index is 12.3. The highest BCUT2D eigenvalue weighted by atomic mass is 16.5. The minimum atomic E-state index is -0.976. The van der Waals surface area contributed by atoms with E-state index in [1.807, 2.05) is 0 Å². The van der Waals surface area contributed by atoms with E-state index in [2.05, 4.69) is 12.2 Å². The first-order valence-electron chi connectivity index (χ1n) is 8.73. The summed E-state index contributed by atoms with van der Waals surface area (Å²) in [5.41, 5.74) is 1.10. The van der Waals surface area contributed by atoms with Crippen LogP contribution < -0.4 is 10.1 Å². The van der Waals surface area contributed by atoms with E-state index in [-0.39, 0.29) is 17.4 Å². The lowest BCUT2D eigenvalue weighted by Gasteiger charge is -2.26. The van der Waals surface area contributed by atoms with Crippen LogP contribution in [0.4, 0.5) is 0 Å². The van der Waals surface area contributed by atoms with Crippen molar-refractivity contribution in [3.8, 4) is 5.75 Å². The van der Waals surface area contributed by atoms with E-state index in [1.165, 1.54) is 19.6 Å². The average molecular weight is 333 g/mol. The molecule has 0 bridgehead atoms. The standard InChI is InChI=1S/C19H27NO4/c1-3-13-4-6-15(7-5-13)18(21)20-11-10-14-8-9-16(19(22)23)12-17(14)24-2/h8-9,12-13,15H,3-7,10-11H2,1-2H3,(H,20,21)(H,22,23). The molecule has 5 nitrogen and oxygen atoms in total. The maximum atomic E-state index is 12.3. The molecule has 0 unspecified atom stereocenters. The summed E-state index contributed by atoms with van der Waals surface area (Å²) in [7, 11) is 1.52. The van der Waals surface area contributed by atoms with Gasteiger partial charge >= 0.3 is 5.97 Å². The van der Waals surface area contributed by atoms with Crippen LogP contribution in [0.2, 0.25) is 0 Å². The van der Waals surface area contributed by atoms with Gasteiger partial charge in [0.05, 0.1) is 12.7 Å². The third-order valence-electron chi connectivity index (χ3n) is 5.02. The highest BCUT2D eigenvalue weighted by Gasteiger charge is 2.25. The summed E-state index contributed by atoms with van der Waals surface area (Å²) in [4.78, 5) is 23.3. The van der Waals surface area contributed by atoms with Crippen molar-refractivity contribution >= 4 is 11.9 Å². The fourth-order valence-corrected chi connectivity index (χ4v) is 3.38. The van der Waals surface area contributed by atoms with Crippen LogP contribution in [0, 0.1) is 11.8 Å². The number of ether oxygens (including phenoxy) is 1. The monoisotopic (exact) mass is 333 g/mol. The first-order chi connectivity index (χ1) is 11.5. The van der Waals surface area contributed by atoms with Gasteiger partial charge in [-0.05, 0) is 55.7 Å². The van der Waals surface area contributed by atoms with Crippen LogP contribution in [0.5, 0.6) is 5.75 Å². The van der Waals surface area contributed by atoms with E-state index in [0.717, 1.165) is 37.2 Å². The summed E-state index contributed by atoms with van der Waals surface area (Å²) in [5.74, 6) is 0.643. The molecule has 0 atom stereocenters. The molecule has 1 aliphatic rings. The number of carboxylic acids is 1. The number of carbonyl (C=O) groups excluding carboxylic acids is 1. The van der Waals surface area contributed by atoms with Crippen LogP contribution in [0.15, 0.2) is 18.2 Å². The van der Waals surface area contributed by atoms with Gasteiger partial charge in [0.2, 0.25) is 5.91 Å². The number of amides is 1. The van der Waals surface area contributed by atoms with Crippen LogP contribution >= 0.6 is 0 Å². The van der Waals surface area contributed by atoms with E-state index in [1.54, 1.807) is 12.1 Å². The molecule has 1 aromatic carbocycles. The minimum Gasteiger partial charge on any atom is -0.496 e. The summed E-state index contributed by atoms with van der Waals surface area (Å²) in [6.45, 7) is 2.75. The molecule has 1 fully saturated rings. The number of rotatable bonds is 7. The fraction of sp³-hybridized carbons (Fsp3) is 0.579. The van der Waals surface area contributed by atoms with Crippen molar-refractivity contribution in [2.24, 2.45) is 11.8 Å². The number of carbonyl (C=O) groups is 2. The Morgan fingerprint density at radius 2 is 1.96 bits per heavy atom. The summed E-state index contributed by atoms with van der Waals surface area (Å²) in [5, 5.41) is 12.0. The first-order valence-corrected chi connectivity index (χ1v) is 8.73. The zero-order valence-electron chi connectivity index (χ0n) is 14.5. The SMILES string of the molecule is CCC1CCC(C(=O)NCCc2ccc(C(=O)O)cc2OC)CC1. The van der Waals surface area contributed by atoms with Gasteiger partial charge in [-0.15, -0.1) is 0 Å². The van der Waals surface area contributed by atoms with Crippen molar-refractivity contribution < 1.29 is 19.4 Å². The molecule has 0 saturated heterocycles. The number of hydrogen-bond donors (Lipinski definition) is 2. The van der Waals surface area contributed by atoms with Gasteiger partial charge in [-0.25, -0.2) is 4.79 Å². The van der Waals surface area contributed by atoms with Crippen LogP contribution in [0.25, 0.3) is 0 Å². The summed E-state index contributed by atoms with van der Waals surface area (Å²) in [6, 6.07) is 4.83. The molecule has 132 valence electrons. The third-order valence-corrected chi connectivity index (χ3v) is 5.02. The van der Waals surface area contributed by atoms with Crippen molar-refractivity contribution in [3.05, 3.63) is 29.3 Å². The Balaban J connectivity index is 1.83. The lowest BCUT2D eigenvalue weighted by atomic mass is 9.80. The summed E-state index contributed by atoms with van der Waals surface area (Å²) in [6.07, 6.45) is 6.11. The molecule has 0 aliphatic heterocycles. The largest absolute Gasteiger partial charge is 0.496 e. The van der Waals surface area contributed by atoms with E-state index in [0.29, 0.717) is 18.7 Å². The molecule has 0 aromatic heterocycles. The van der Waals surface area contributed by atoms with E-state index in [4.69, 9.17) is 9.84 Å². The molecule has 0 heterocycles. The molecule has 0 radical (unpaired) electrons. The van der Waals surface area contributed by atoms with E-state index in [9.17, 15) is 9.59 Å². The Morgan fingerprint density at radius 3 is 2.54 bits per heavy atom. The van der Waals surface area contributed by atoms with Gasteiger partial charge in [0.15, 0.2) is 0 Å². The lowest BCUT2D eigenvalue weighted by molar-refractivity contribution is -0.126. The van der Waals surface area contributed by atoms with Gasteiger partial charge in [0.25, 0.3) is 0 Å². The van der Waals surface area contributed by atoms with E-state index >= 15 is 0 Å². The zero-order chi connectivity index (χ0) is 17.5. The Hall–Kier alpha value is -2.04. The normalized spacial score (nSPS) is 20.4.